The summed E-state index contributed by atoms with van der Waals surface area (Å²) in [5.41, 5.74) is 0. The largest absolute Gasteiger partial charge is 0.394 e. The molecule has 17 atom stereocenters. The van der Waals surface area contributed by atoms with Crippen LogP contribution in [-0.4, -0.2) is 193 Å². The molecular formula is C80H141NO18. The van der Waals surface area contributed by atoms with Crippen molar-refractivity contribution in [3.8, 4) is 0 Å². The van der Waals surface area contributed by atoms with E-state index in [2.05, 4.69) is 92.1 Å². The molecule has 19 nitrogen and oxygen atoms in total. The smallest absolute Gasteiger partial charge is 0.220 e. The van der Waals surface area contributed by atoms with Crippen LogP contribution >= 0.6 is 0 Å². The lowest BCUT2D eigenvalue weighted by atomic mass is 9.96. The predicted octanol–water partition coefficient (Wildman–Crippen LogP) is 12.6. The van der Waals surface area contributed by atoms with E-state index in [1.54, 1.807) is 6.08 Å². The molecule has 99 heavy (non-hydrogen) atoms. The van der Waals surface area contributed by atoms with Crippen molar-refractivity contribution in [2.45, 2.75) is 388 Å². The van der Waals surface area contributed by atoms with Gasteiger partial charge in [-0.2, -0.15) is 0 Å². The molecular weight excluding hydrogens is 1260 g/mol. The lowest BCUT2D eigenvalue weighted by molar-refractivity contribution is -0.379. The summed E-state index contributed by atoms with van der Waals surface area (Å²) < 4.78 is 34.4. The second-order valence-electron chi connectivity index (χ2n) is 27.8. The maximum atomic E-state index is 13.4. The van der Waals surface area contributed by atoms with Gasteiger partial charge < -0.3 is 89.9 Å². The fourth-order valence-corrected chi connectivity index (χ4v) is 12.9. The van der Waals surface area contributed by atoms with Crippen molar-refractivity contribution < 1.29 is 89.4 Å². The van der Waals surface area contributed by atoms with E-state index >= 15 is 0 Å². The molecule has 0 aromatic rings. The summed E-state index contributed by atoms with van der Waals surface area (Å²) in [6.45, 7) is 1.59. The lowest BCUT2D eigenvalue weighted by Gasteiger charge is -2.48. The van der Waals surface area contributed by atoms with Gasteiger partial charge in [0, 0.05) is 6.42 Å². The molecule has 0 radical (unpaired) electrons. The quantitative estimate of drug-likeness (QED) is 0.0199. The van der Waals surface area contributed by atoms with Crippen LogP contribution in [0.4, 0.5) is 0 Å². The molecule has 0 aliphatic carbocycles. The molecule has 3 aliphatic heterocycles. The molecule has 1 amide bonds. The molecule has 0 spiro atoms. The molecule has 574 valence electrons. The first-order chi connectivity index (χ1) is 48.3. The minimum atomic E-state index is -1.98. The maximum absolute atomic E-state index is 13.4. The Morgan fingerprint density at radius 3 is 1.13 bits per heavy atom. The number of carbonyl (C=O) groups excluding carboxylic acids is 1. The van der Waals surface area contributed by atoms with E-state index in [0.717, 1.165) is 70.6 Å². The molecule has 3 rings (SSSR count). The van der Waals surface area contributed by atoms with E-state index < -0.39 is 124 Å². The van der Waals surface area contributed by atoms with E-state index in [-0.39, 0.29) is 18.9 Å². The second kappa shape index (κ2) is 60.3. The molecule has 0 aromatic carbocycles. The molecule has 3 aliphatic rings. The van der Waals surface area contributed by atoms with Crippen LogP contribution in [-0.2, 0) is 33.2 Å². The zero-order chi connectivity index (χ0) is 71.8. The average Bonchev–Trinajstić information content (AvgIpc) is 0.784. The van der Waals surface area contributed by atoms with Gasteiger partial charge in [-0.25, -0.2) is 0 Å². The molecule has 0 bridgehead atoms. The van der Waals surface area contributed by atoms with Gasteiger partial charge in [-0.1, -0.05) is 279 Å². The molecule has 3 fully saturated rings. The molecule has 12 N–H and O–H groups in total. The third kappa shape index (κ3) is 40.7. The van der Waals surface area contributed by atoms with Crippen molar-refractivity contribution in [2.75, 3.05) is 26.4 Å². The molecule has 3 saturated heterocycles. The number of unbranched alkanes of at least 4 members (excludes halogenated alkanes) is 33. The number of allylic oxidation sites excluding steroid dienone is 13. The van der Waals surface area contributed by atoms with Gasteiger partial charge in [0.1, 0.15) is 73.2 Å². The van der Waals surface area contributed by atoms with Crippen LogP contribution in [0.3, 0.4) is 0 Å². The number of hydrogen-bond donors (Lipinski definition) is 12. The molecule has 3 heterocycles. The Morgan fingerprint density at radius 1 is 0.374 bits per heavy atom. The van der Waals surface area contributed by atoms with Gasteiger partial charge in [-0.05, 0) is 83.5 Å². The Labute approximate surface area is 597 Å². The third-order valence-corrected chi connectivity index (χ3v) is 19.2. The van der Waals surface area contributed by atoms with Crippen LogP contribution in [0.2, 0.25) is 0 Å². The highest BCUT2D eigenvalue weighted by Crippen LogP contribution is 2.33. The number of amides is 1. The Morgan fingerprint density at radius 2 is 0.707 bits per heavy atom. The first-order valence-corrected chi connectivity index (χ1v) is 39.3. The lowest BCUT2D eigenvalue weighted by Crippen LogP contribution is -2.66. The average molecular weight is 1400 g/mol. The van der Waals surface area contributed by atoms with Gasteiger partial charge in [-0.3, -0.25) is 4.79 Å². The van der Waals surface area contributed by atoms with Crippen LogP contribution in [0.25, 0.3) is 0 Å². The number of ether oxygens (including phenoxy) is 6. The van der Waals surface area contributed by atoms with Gasteiger partial charge in [0.15, 0.2) is 18.9 Å². The fraction of sp³-hybridized carbons (Fsp3) is 0.812. The standard InChI is InChI=1S/C80H141NO18/c1-3-5-7-9-11-13-15-17-19-20-21-22-23-24-25-26-27-28-29-30-31-32-33-34-35-36-37-38-39-40-41-42-44-46-48-50-52-54-56-58-68(86)81-63(64(85)57-55-53-51-49-47-45-43-18-16-14-12-10-8-6-4-2)62-94-78-74(92)71(89)76(66(60-83)96-78)99-80-75(93)72(90)77(67(61-84)97-80)98-79-73(91)70(88)69(87)65(59-82)95-79/h5,7,11,13,16-19,21-22,47,49,55,57,63-67,69-80,82-85,87-93H,3-4,6,8-10,12,14-15,20,23-46,48,50-54,56,58-62H2,1-2H3,(H,81,86)/b7-5-,13-11-,18-16+,19-17-,22-21-,49-47+,57-55+. The summed E-state index contributed by atoms with van der Waals surface area (Å²) in [6.07, 6.45) is 53.2. The van der Waals surface area contributed by atoms with E-state index in [0.29, 0.717) is 12.8 Å². The SMILES string of the molecule is CC/C=C\C/C=C\C/C=C\C/C=C\CCCCCCCCCCCCCCCCCCCCCCCCCCCCC(=O)NC(COC1OC(CO)C(OC2OC(CO)C(OC3OC(CO)C(O)C(O)C3O)C(O)C2O)C(O)C1O)C(O)/C=C/CC/C=C/CC/C=C/CCCCCCC. The van der Waals surface area contributed by atoms with Crippen molar-refractivity contribution in [1.29, 1.82) is 0 Å². The zero-order valence-electron chi connectivity index (χ0n) is 61.2. The fourth-order valence-electron chi connectivity index (χ4n) is 12.9. The molecule has 17 unspecified atom stereocenters. The minimum absolute atomic E-state index is 0.233. The number of hydrogen-bond acceptors (Lipinski definition) is 18. The normalized spacial score (nSPS) is 27.1. The summed E-state index contributed by atoms with van der Waals surface area (Å²) in [6, 6.07) is -0.998. The van der Waals surface area contributed by atoms with E-state index in [4.69, 9.17) is 28.4 Å². The number of nitrogens with one attached hydrogen (secondary N) is 1. The molecule has 19 heteroatoms. The third-order valence-electron chi connectivity index (χ3n) is 19.2. The number of carbonyl (C=O) groups is 1. The second-order valence-corrected chi connectivity index (χ2v) is 27.8. The van der Waals surface area contributed by atoms with Crippen molar-refractivity contribution in [2.24, 2.45) is 0 Å². The maximum Gasteiger partial charge on any atom is 0.220 e. The number of rotatable bonds is 61. The van der Waals surface area contributed by atoms with Crippen LogP contribution in [0.15, 0.2) is 85.1 Å². The Hall–Kier alpha value is -3.03. The van der Waals surface area contributed by atoms with Crippen LogP contribution in [0.5, 0.6) is 0 Å². The van der Waals surface area contributed by atoms with Crippen molar-refractivity contribution in [1.82, 2.24) is 5.32 Å². The number of aliphatic hydroxyl groups is 11. The first kappa shape index (κ1) is 90.2. The van der Waals surface area contributed by atoms with Crippen molar-refractivity contribution >= 4 is 5.91 Å². The summed E-state index contributed by atoms with van der Waals surface area (Å²) in [5, 5.41) is 121. The summed E-state index contributed by atoms with van der Waals surface area (Å²) in [7, 11) is 0. The predicted molar refractivity (Wildman–Crippen MR) is 392 cm³/mol. The van der Waals surface area contributed by atoms with E-state index in [9.17, 15) is 61.0 Å². The highest BCUT2D eigenvalue weighted by Gasteiger charge is 2.53. The Bertz CT molecular complexity index is 2120. The van der Waals surface area contributed by atoms with Crippen molar-refractivity contribution in [3.05, 3.63) is 85.1 Å². The van der Waals surface area contributed by atoms with E-state index in [1.807, 2.05) is 6.08 Å². The van der Waals surface area contributed by atoms with Gasteiger partial charge in [0.25, 0.3) is 0 Å². The zero-order valence-corrected chi connectivity index (χ0v) is 61.2. The highest BCUT2D eigenvalue weighted by molar-refractivity contribution is 5.76. The van der Waals surface area contributed by atoms with Crippen LogP contribution in [0, 0.1) is 0 Å². The molecule has 0 saturated carbocycles. The van der Waals surface area contributed by atoms with Gasteiger partial charge >= 0.3 is 0 Å². The first-order valence-electron chi connectivity index (χ1n) is 39.3. The van der Waals surface area contributed by atoms with Crippen molar-refractivity contribution in [3.63, 3.8) is 0 Å². The van der Waals surface area contributed by atoms with Crippen LogP contribution < -0.4 is 5.32 Å². The van der Waals surface area contributed by atoms with Gasteiger partial charge in [-0.15, -0.1) is 0 Å². The van der Waals surface area contributed by atoms with E-state index in [1.165, 1.54) is 180 Å². The minimum Gasteiger partial charge on any atom is -0.394 e. The van der Waals surface area contributed by atoms with Gasteiger partial charge in [0.05, 0.1) is 38.6 Å². The topological polar surface area (TPSA) is 307 Å². The molecule has 0 aromatic heterocycles. The van der Waals surface area contributed by atoms with Crippen LogP contribution in [0.1, 0.15) is 284 Å². The summed E-state index contributed by atoms with van der Waals surface area (Å²) in [4.78, 5) is 13.4. The van der Waals surface area contributed by atoms with Gasteiger partial charge in [0.2, 0.25) is 5.91 Å². The summed E-state index contributed by atoms with van der Waals surface area (Å²) >= 11 is 0. The monoisotopic (exact) mass is 1400 g/mol. The Kier molecular flexibility index (Phi) is 54.9. The highest BCUT2D eigenvalue weighted by atomic mass is 16.8. The summed E-state index contributed by atoms with van der Waals surface area (Å²) in [5.74, 6) is -0.287. The number of aliphatic hydroxyl groups excluding tert-OH is 11. The Balaban J connectivity index is 1.30.